The fourth-order valence-electron chi connectivity index (χ4n) is 2.48. The molecule has 6 nitrogen and oxygen atoms in total. The van der Waals surface area contributed by atoms with Gasteiger partial charge in [-0.25, -0.2) is 0 Å². The third kappa shape index (κ3) is 3.04. The summed E-state index contributed by atoms with van der Waals surface area (Å²) < 4.78 is 0. The Labute approximate surface area is 120 Å². The van der Waals surface area contributed by atoms with Crippen LogP contribution < -0.4 is 4.90 Å². The Bertz CT molecular complexity index is 535. The van der Waals surface area contributed by atoms with Crippen LogP contribution in [0.15, 0.2) is 18.2 Å². The lowest BCUT2D eigenvalue weighted by atomic mass is 10.1. The van der Waals surface area contributed by atoms with E-state index in [9.17, 15) is 14.9 Å². The second-order valence-corrected chi connectivity index (χ2v) is 5.87. The number of benzene rings is 1. The SMILES string of the molecule is Cc1cccc([N+](=O)[O-])c1N1CCSCC1CC(=O)O. The van der Waals surface area contributed by atoms with E-state index in [2.05, 4.69) is 0 Å². The Balaban J connectivity index is 2.41. The first-order valence-corrected chi connectivity index (χ1v) is 7.46. The largest absolute Gasteiger partial charge is 0.481 e. The van der Waals surface area contributed by atoms with Crippen LogP contribution in [0.1, 0.15) is 12.0 Å². The lowest BCUT2D eigenvalue weighted by Crippen LogP contribution is -2.44. The molecule has 0 bridgehead atoms. The molecule has 7 heteroatoms. The quantitative estimate of drug-likeness (QED) is 0.678. The summed E-state index contributed by atoms with van der Waals surface area (Å²) in [5.41, 5.74) is 1.41. The Hall–Kier alpha value is -1.76. The lowest BCUT2D eigenvalue weighted by molar-refractivity contribution is -0.384. The second kappa shape index (κ2) is 6.13. The van der Waals surface area contributed by atoms with Crippen molar-refractivity contribution in [1.82, 2.24) is 0 Å². The molecule has 0 amide bonds. The highest BCUT2D eigenvalue weighted by molar-refractivity contribution is 7.99. The molecule has 1 unspecified atom stereocenters. The van der Waals surface area contributed by atoms with E-state index in [0.29, 0.717) is 18.0 Å². The van der Waals surface area contributed by atoms with Crippen molar-refractivity contribution >= 4 is 29.1 Å². The topological polar surface area (TPSA) is 83.7 Å². The highest BCUT2D eigenvalue weighted by Crippen LogP contribution is 2.35. The molecular weight excluding hydrogens is 280 g/mol. The first-order chi connectivity index (χ1) is 9.50. The number of anilines is 1. The van der Waals surface area contributed by atoms with Gasteiger partial charge in [0.1, 0.15) is 5.69 Å². The zero-order valence-electron chi connectivity index (χ0n) is 11.1. The standard InChI is InChI=1S/C13H16N2O4S/c1-9-3-2-4-11(15(18)19)13(9)14-5-6-20-8-10(14)7-12(16)17/h2-4,10H,5-8H2,1H3,(H,16,17). The van der Waals surface area contributed by atoms with Gasteiger partial charge in [0.15, 0.2) is 0 Å². The van der Waals surface area contributed by atoms with Gasteiger partial charge in [0.05, 0.1) is 11.3 Å². The normalized spacial score (nSPS) is 18.9. The number of nitro benzene ring substituents is 1. The minimum absolute atomic E-state index is 0.00150. The third-order valence-corrected chi connectivity index (χ3v) is 4.43. The molecule has 2 rings (SSSR count). The molecule has 0 spiro atoms. The van der Waals surface area contributed by atoms with Crippen molar-refractivity contribution < 1.29 is 14.8 Å². The highest BCUT2D eigenvalue weighted by Gasteiger charge is 2.30. The molecule has 0 aromatic heterocycles. The van der Waals surface area contributed by atoms with Gasteiger partial charge in [0.2, 0.25) is 0 Å². The third-order valence-electron chi connectivity index (χ3n) is 3.34. The molecule has 1 saturated heterocycles. The van der Waals surface area contributed by atoms with Crippen molar-refractivity contribution in [2.24, 2.45) is 0 Å². The van der Waals surface area contributed by atoms with Crippen LogP contribution in [0, 0.1) is 17.0 Å². The number of para-hydroxylation sites is 1. The summed E-state index contributed by atoms with van der Waals surface area (Å²) in [6.07, 6.45) is -0.00150. The average Bonchev–Trinajstić information content (AvgIpc) is 2.38. The Morgan fingerprint density at radius 1 is 1.60 bits per heavy atom. The van der Waals surface area contributed by atoms with Crippen LogP contribution in [0.5, 0.6) is 0 Å². The number of aliphatic carboxylic acids is 1. The molecule has 108 valence electrons. The van der Waals surface area contributed by atoms with E-state index in [-0.39, 0.29) is 18.2 Å². The van der Waals surface area contributed by atoms with Crippen molar-refractivity contribution in [3.63, 3.8) is 0 Å². The van der Waals surface area contributed by atoms with Gasteiger partial charge in [-0.3, -0.25) is 14.9 Å². The number of carboxylic acid groups (broad SMARTS) is 1. The summed E-state index contributed by atoms with van der Waals surface area (Å²) in [6, 6.07) is 4.75. The molecule has 0 radical (unpaired) electrons. The van der Waals surface area contributed by atoms with E-state index >= 15 is 0 Å². The number of thioether (sulfide) groups is 1. The molecule has 1 atom stereocenters. The van der Waals surface area contributed by atoms with Crippen molar-refractivity contribution in [2.75, 3.05) is 23.0 Å². The molecule has 1 fully saturated rings. The van der Waals surface area contributed by atoms with Gasteiger partial charge in [-0.05, 0) is 12.5 Å². The van der Waals surface area contributed by atoms with Gasteiger partial charge < -0.3 is 10.0 Å². The van der Waals surface area contributed by atoms with Gasteiger partial charge in [-0.1, -0.05) is 12.1 Å². The van der Waals surface area contributed by atoms with Crippen LogP contribution in [-0.4, -0.2) is 40.1 Å². The fourth-order valence-corrected chi connectivity index (χ4v) is 3.55. The maximum Gasteiger partial charge on any atom is 0.305 e. The summed E-state index contributed by atoms with van der Waals surface area (Å²) in [5, 5.41) is 20.2. The van der Waals surface area contributed by atoms with E-state index < -0.39 is 10.9 Å². The molecule has 0 aliphatic carbocycles. The van der Waals surface area contributed by atoms with Crippen LogP contribution in [0.2, 0.25) is 0 Å². The predicted octanol–water partition coefficient (Wildman–Crippen LogP) is 2.30. The second-order valence-electron chi connectivity index (χ2n) is 4.72. The highest BCUT2D eigenvalue weighted by atomic mass is 32.2. The van der Waals surface area contributed by atoms with E-state index in [1.54, 1.807) is 17.8 Å². The molecule has 1 aromatic rings. The maximum absolute atomic E-state index is 11.2. The molecule has 0 saturated carbocycles. The van der Waals surface area contributed by atoms with Crippen molar-refractivity contribution in [1.29, 1.82) is 0 Å². The van der Waals surface area contributed by atoms with Crippen LogP contribution in [0.3, 0.4) is 0 Å². The molecule has 1 N–H and O–H groups in total. The number of nitro groups is 1. The number of hydrogen-bond acceptors (Lipinski definition) is 5. The zero-order chi connectivity index (χ0) is 14.7. The Morgan fingerprint density at radius 3 is 3.00 bits per heavy atom. The van der Waals surface area contributed by atoms with Crippen LogP contribution in [-0.2, 0) is 4.79 Å². The molecule has 1 aliphatic heterocycles. The van der Waals surface area contributed by atoms with Gasteiger partial charge >= 0.3 is 5.97 Å². The molecular formula is C13H16N2O4S. The zero-order valence-corrected chi connectivity index (χ0v) is 11.9. The number of rotatable bonds is 4. The fraction of sp³-hybridized carbons (Fsp3) is 0.462. The molecule has 1 aliphatic rings. The number of carboxylic acids is 1. The van der Waals surface area contributed by atoms with Crippen LogP contribution in [0.25, 0.3) is 0 Å². The first kappa shape index (κ1) is 14.6. The summed E-state index contributed by atoms with van der Waals surface area (Å²) in [5.74, 6) is 0.651. The summed E-state index contributed by atoms with van der Waals surface area (Å²) in [4.78, 5) is 23.7. The Morgan fingerprint density at radius 2 is 2.35 bits per heavy atom. The van der Waals surface area contributed by atoms with Crippen molar-refractivity contribution in [3.8, 4) is 0 Å². The monoisotopic (exact) mass is 296 g/mol. The minimum Gasteiger partial charge on any atom is -0.481 e. The molecule has 1 heterocycles. The number of hydrogen-bond donors (Lipinski definition) is 1. The van der Waals surface area contributed by atoms with Gasteiger partial charge in [0, 0.05) is 30.2 Å². The van der Waals surface area contributed by atoms with E-state index in [1.165, 1.54) is 6.07 Å². The smallest absolute Gasteiger partial charge is 0.305 e. The van der Waals surface area contributed by atoms with Gasteiger partial charge in [0.25, 0.3) is 5.69 Å². The molecule has 20 heavy (non-hydrogen) atoms. The number of aryl methyl sites for hydroxylation is 1. The first-order valence-electron chi connectivity index (χ1n) is 6.31. The van der Waals surface area contributed by atoms with Crippen LogP contribution >= 0.6 is 11.8 Å². The summed E-state index contributed by atoms with van der Waals surface area (Å²) in [6.45, 7) is 2.45. The maximum atomic E-state index is 11.2. The van der Waals surface area contributed by atoms with E-state index in [4.69, 9.17) is 5.11 Å². The summed E-state index contributed by atoms with van der Waals surface area (Å²) in [7, 11) is 0. The van der Waals surface area contributed by atoms with Gasteiger partial charge in [-0.15, -0.1) is 0 Å². The predicted molar refractivity (Wildman–Crippen MR) is 78.5 cm³/mol. The van der Waals surface area contributed by atoms with Crippen LogP contribution in [0.4, 0.5) is 11.4 Å². The Kier molecular flexibility index (Phi) is 4.49. The lowest BCUT2D eigenvalue weighted by Gasteiger charge is -2.36. The van der Waals surface area contributed by atoms with Gasteiger partial charge in [-0.2, -0.15) is 11.8 Å². The van der Waals surface area contributed by atoms with E-state index in [1.807, 2.05) is 17.9 Å². The number of carbonyl (C=O) groups is 1. The molecule has 1 aromatic carbocycles. The van der Waals surface area contributed by atoms with E-state index in [0.717, 1.165) is 11.3 Å². The average molecular weight is 296 g/mol. The van der Waals surface area contributed by atoms with Crippen molar-refractivity contribution in [2.45, 2.75) is 19.4 Å². The summed E-state index contributed by atoms with van der Waals surface area (Å²) >= 11 is 1.69. The number of nitrogens with zero attached hydrogens (tertiary/aromatic N) is 2. The van der Waals surface area contributed by atoms with Crippen molar-refractivity contribution in [3.05, 3.63) is 33.9 Å². The minimum atomic E-state index is -0.876.